The maximum Gasteiger partial charge on any atom is 0.339 e. The van der Waals surface area contributed by atoms with Crippen LogP contribution in [0.25, 0.3) is 6.08 Å². The van der Waals surface area contributed by atoms with Crippen LogP contribution < -0.4 is 0 Å². The highest BCUT2D eigenvalue weighted by Gasteiger charge is 2.35. The highest BCUT2D eigenvalue weighted by Crippen LogP contribution is 2.34. The van der Waals surface area contributed by atoms with Gasteiger partial charge in [-0.3, -0.25) is 14.5 Å². The number of aromatic carboxylic acids is 1. The van der Waals surface area contributed by atoms with Crippen LogP contribution in [0.2, 0.25) is 0 Å². The average molecular weight is 391 g/mol. The van der Waals surface area contributed by atoms with Crippen LogP contribution in [-0.4, -0.2) is 32.2 Å². The molecule has 0 atom stereocenters. The second-order valence-corrected chi connectivity index (χ2v) is 6.62. The summed E-state index contributed by atoms with van der Waals surface area (Å²) in [5.74, 6) is -4.08. The van der Waals surface area contributed by atoms with E-state index < -0.39 is 34.5 Å². The van der Waals surface area contributed by atoms with Crippen molar-refractivity contribution < 1.29 is 33.4 Å². The number of phenols is 1. The van der Waals surface area contributed by atoms with E-state index in [4.69, 9.17) is 5.11 Å². The zero-order valence-electron chi connectivity index (χ0n) is 13.5. The van der Waals surface area contributed by atoms with Crippen LogP contribution in [0.4, 0.5) is 13.6 Å². The normalized spacial score (nSPS) is 15.6. The molecule has 2 aromatic carbocycles. The minimum Gasteiger partial charge on any atom is -0.507 e. The van der Waals surface area contributed by atoms with Gasteiger partial charge < -0.3 is 10.2 Å². The lowest BCUT2D eigenvalue weighted by Gasteiger charge is -2.12. The number of nitrogens with zero attached hydrogens (tertiary/aromatic N) is 1. The Morgan fingerprint density at radius 1 is 1.11 bits per heavy atom. The monoisotopic (exact) mass is 391 g/mol. The van der Waals surface area contributed by atoms with Gasteiger partial charge in [0.15, 0.2) is 0 Å². The number of rotatable bonds is 4. The minimum absolute atomic E-state index is 0.0268. The van der Waals surface area contributed by atoms with Crippen molar-refractivity contribution in [1.29, 1.82) is 0 Å². The molecule has 2 amide bonds. The molecule has 6 nitrogen and oxygen atoms in total. The highest BCUT2D eigenvalue weighted by atomic mass is 32.2. The number of hydrogen-bond donors (Lipinski definition) is 2. The van der Waals surface area contributed by atoms with E-state index in [1.165, 1.54) is 12.1 Å². The predicted molar refractivity (Wildman–Crippen MR) is 92.9 cm³/mol. The molecule has 0 spiro atoms. The molecule has 0 aromatic heterocycles. The number of carbonyl (C=O) groups excluding carboxylic acids is 2. The second kappa shape index (κ2) is 7.20. The van der Waals surface area contributed by atoms with E-state index in [0.717, 1.165) is 29.2 Å². The molecule has 3 rings (SSSR count). The average Bonchev–Trinajstić information content (AvgIpc) is 2.83. The largest absolute Gasteiger partial charge is 0.507 e. The Hall–Kier alpha value is -3.20. The van der Waals surface area contributed by atoms with Crippen molar-refractivity contribution in [2.45, 2.75) is 6.54 Å². The number of carboxylic acids is 1. The third-order valence-corrected chi connectivity index (χ3v) is 4.59. The van der Waals surface area contributed by atoms with Crippen LogP contribution >= 0.6 is 11.8 Å². The summed E-state index contributed by atoms with van der Waals surface area (Å²) < 4.78 is 26.6. The zero-order chi connectivity index (χ0) is 19.7. The molecule has 1 heterocycles. The lowest BCUT2D eigenvalue weighted by molar-refractivity contribution is -0.123. The van der Waals surface area contributed by atoms with Gasteiger partial charge in [0, 0.05) is 6.07 Å². The van der Waals surface area contributed by atoms with E-state index in [1.807, 2.05) is 0 Å². The van der Waals surface area contributed by atoms with E-state index >= 15 is 0 Å². The molecule has 1 fully saturated rings. The molecule has 2 aromatic rings. The summed E-state index contributed by atoms with van der Waals surface area (Å²) in [6.07, 6.45) is 1.31. The van der Waals surface area contributed by atoms with E-state index in [1.54, 1.807) is 0 Å². The number of hydrogen-bond acceptors (Lipinski definition) is 5. The van der Waals surface area contributed by atoms with Gasteiger partial charge in [-0.05, 0) is 53.2 Å². The Morgan fingerprint density at radius 3 is 2.41 bits per heavy atom. The van der Waals surface area contributed by atoms with Crippen molar-refractivity contribution in [3.8, 4) is 5.75 Å². The molecule has 27 heavy (non-hydrogen) atoms. The molecule has 9 heteroatoms. The van der Waals surface area contributed by atoms with Gasteiger partial charge in [-0.25, -0.2) is 13.6 Å². The van der Waals surface area contributed by atoms with Gasteiger partial charge in [0.2, 0.25) is 0 Å². The van der Waals surface area contributed by atoms with E-state index in [0.29, 0.717) is 23.4 Å². The topological polar surface area (TPSA) is 94.9 Å². The first-order valence-corrected chi connectivity index (χ1v) is 8.33. The molecule has 0 bridgehead atoms. The SMILES string of the molecule is O=C(O)c1cc(C=C2SC(=O)N(Cc3cc(F)cc(F)c3)C2=O)ccc1O. The lowest BCUT2D eigenvalue weighted by Crippen LogP contribution is -2.27. The summed E-state index contributed by atoms with van der Waals surface area (Å²) in [5.41, 5.74) is 0.0690. The fraction of sp³-hybridized carbons (Fsp3) is 0.0556. The highest BCUT2D eigenvalue weighted by molar-refractivity contribution is 8.18. The molecular weight excluding hydrogens is 380 g/mol. The first kappa shape index (κ1) is 18.6. The van der Waals surface area contributed by atoms with Crippen LogP contribution in [0.15, 0.2) is 41.3 Å². The van der Waals surface area contributed by atoms with Crippen LogP contribution in [0.5, 0.6) is 5.75 Å². The fourth-order valence-corrected chi connectivity index (χ4v) is 3.33. The van der Waals surface area contributed by atoms with Crippen molar-refractivity contribution in [2.24, 2.45) is 0 Å². The van der Waals surface area contributed by atoms with Gasteiger partial charge in [0.25, 0.3) is 11.1 Å². The van der Waals surface area contributed by atoms with E-state index in [9.17, 15) is 28.3 Å². The van der Waals surface area contributed by atoms with Gasteiger partial charge in [0.1, 0.15) is 22.9 Å². The van der Waals surface area contributed by atoms with Crippen molar-refractivity contribution in [1.82, 2.24) is 4.90 Å². The van der Waals surface area contributed by atoms with Gasteiger partial charge in [-0.1, -0.05) is 6.07 Å². The van der Waals surface area contributed by atoms with Crippen LogP contribution in [0.3, 0.4) is 0 Å². The molecule has 0 aliphatic carbocycles. The first-order chi connectivity index (χ1) is 12.7. The Bertz CT molecular complexity index is 985. The van der Waals surface area contributed by atoms with Crippen LogP contribution in [0, 0.1) is 11.6 Å². The molecule has 138 valence electrons. The number of carbonyl (C=O) groups is 3. The molecule has 1 aliphatic rings. The quantitative estimate of drug-likeness (QED) is 0.774. The molecule has 0 unspecified atom stereocenters. The second-order valence-electron chi connectivity index (χ2n) is 5.63. The molecule has 1 aliphatic heterocycles. The summed E-state index contributed by atoms with van der Waals surface area (Å²) in [6, 6.07) is 6.44. The number of amides is 2. The Balaban J connectivity index is 1.86. The van der Waals surface area contributed by atoms with Crippen LogP contribution in [0.1, 0.15) is 21.5 Å². The Labute approximate surface area is 155 Å². The molecule has 0 saturated carbocycles. The number of imide groups is 1. The van der Waals surface area contributed by atoms with Gasteiger partial charge >= 0.3 is 5.97 Å². The summed E-state index contributed by atoms with van der Waals surface area (Å²) in [6.45, 7) is -0.299. The van der Waals surface area contributed by atoms with Crippen molar-refractivity contribution in [3.63, 3.8) is 0 Å². The summed E-state index contributed by atoms with van der Waals surface area (Å²) in [5, 5.41) is 17.9. The third-order valence-electron chi connectivity index (χ3n) is 3.69. The standard InChI is InChI=1S/C18H11F2NO5S/c19-11-3-10(4-12(20)7-11)8-21-16(23)15(27-18(21)26)6-9-1-2-14(22)13(5-9)17(24)25/h1-7,22H,8H2,(H,24,25). The Kier molecular flexibility index (Phi) is 4.95. The number of aromatic hydroxyl groups is 1. The maximum atomic E-state index is 13.3. The molecule has 0 radical (unpaired) electrons. The van der Waals surface area contributed by atoms with Crippen molar-refractivity contribution >= 4 is 35.0 Å². The van der Waals surface area contributed by atoms with Gasteiger partial charge in [0.05, 0.1) is 11.4 Å². The number of thioether (sulfide) groups is 1. The minimum atomic E-state index is -1.34. The summed E-state index contributed by atoms with van der Waals surface area (Å²) >= 11 is 0.624. The van der Waals surface area contributed by atoms with Crippen LogP contribution in [-0.2, 0) is 11.3 Å². The van der Waals surface area contributed by atoms with E-state index in [2.05, 4.69) is 0 Å². The number of benzene rings is 2. The zero-order valence-corrected chi connectivity index (χ0v) is 14.3. The fourth-order valence-electron chi connectivity index (χ4n) is 2.49. The summed E-state index contributed by atoms with van der Waals surface area (Å²) in [4.78, 5) is 36.5. The molecular formula is C18H11F2NO5S. The van der Waals surface area contributed by atoms with E-state index in [-0.39, 0.29) is 22.6 Å². The smallest absolute Gasteiger partial charge is 0.339 e. The van der Waals surface area contributed by atoms with Gasteiger partial charge in [-0.15, -0.1) is 0 Å². The van der Waals surface area contributed by atoms with Gasteiger partial charge in [-0.2, -0.15) is 0 Å². The van der Waals surface area contributed by atoms with Crippen molar-refractivity contribution in [3.05, 3.63) is 69.6 Å². The Morgan fingerprint density at radius 2 is 1.78 bits per heavy atom. The summed E-state index contributed by atoms with van der Waals surface area (Å²) in [7, 11) is 0. The molecule has 2 N–H and O–H groups in total. The first-order valence-electron chi connectivity index (χ1n) is 7.51. The van der Waals surface area contributed by atoms with Crippen molar-refractivity contribution in [2.75, 3.05) is 0 Å². The third kappa shape index (κ3) is 3.98. The lowest BCUT2D eigenvalue weighted by atomic mass is 10.1. The predicted octanol–water partition coefficient (Wildman–Crippen LogP) is 3.61. The maximum absolute atomic E-state index is 13.3. The number of carboxylic acid groups (broad SMARTS) is 1. The number of halogens is 2. The molecule has 1 saturated heterocycles.